The molecule has 1 aliphatic carbocycles. The van der Waals surface area contributed by atoms with Crippen molar-refractivity contribution in [3.63, 3.8) is 0 Å². The van der Waals surface area contributed by atoms with Gasteiger partial charge in [0.05, 0.1) is 12.6 Å². The summed E-state index contributed by atoms with van der Waals surface area (Å²) in [6, 6.07) is 7.41. The summed E-state index contributed by atoms with van der Waals surface area (Å²) in [7, 11) is 3.49. The van der Waals surface area contributed by atoms with Gasteiger partial charge in [-0.25, -0.2) is 4.79 Å². The Labute approximate surface area is 199 Å². The number of nitrogens with zero attached hydrogens (tertiary/aromatic N) is 3. The molecule has 2 heterocycles. The SMILES string of the molecule is COc1ccc2cc(C(=O)N3CCN(C(=O)C(OC(N)=O)C4CCCCC4)[C@@H](C)C3)n(C)c2c1. The molecule has 1 aromatic heterocycles. The fourth-order valence-electron chi connectivity index (χ4n) is 5.35. The molecule has 1 saturated carbocycles. The summed E-state index contributed by atoms with van der Waals surface area (Å²) in [6.45, 7) is 3.12. The maximum absolute atomic E-state index is 13.4. The fourth-order valence-corrected chi connectivity index (χ4v) is 5.35. The maximum atomic E-state index is 13.4. The summed E-state index contributed by atoms with van der Waals surface area (Å²) in [5, 5.41) is 0.965. The molecule has 0 bridgehead atoms. The molecule has 9 heteroatoms. The molecule has 2 aromatic rings. The van der Waals surface area contributed by atoms with Crippen molar-refractivity contribution in [2.24, 2.45) is 18.7 Å². The second kappa shape index (κ2) is 9.95. The zero-order chi connectivity index (χ0) is 24.4. The largest absolute Gasteiger partial charge is 0.497 e. The van der Waals surface area contributed by atoms with Crippen LogP contribution in [0.2, 0.25) is 0 Å². The number of methoxy groups -OCH3 is 1. The van der Waals surface area contributed by atoms with E-state index in [-0.39, 0.29) is 23.8 Å². The minimum atomic E-state index is -0.919. The van der Waals surface area contributed by atoms with E-state index < -0.39 is 12.2 Å². The van der Waals surface area contributed by atoms with Gasteiger partial charge in [0.25, 0.3) is 11.8 Å². The first-order chi connectivity index (χ1) is 16.3. The molecule has 2 atom stereocenters. The first kappa shape index (κ1) is 23.9. The molecular formula is C25H34N4O5. The molecule has 2 N–H and O–H groups in total. The average Bonchev–Trinajstić information content (AvgIpc) is 3.17. The second-order valence-corrected chi connectivity index (χ2v) is 9.40. The van der Waals surface area contributed by atoms with E-state index in [4.69, 9.17) is 15.2 Å². The van der Waals surface area contributed by atoms with Crippen molar-refractivity contribution in [2.75, 3.05) is 26.7 Å². The standard InChI is InChI=1S/C25H34N4O5/c1-16-15-28(23(30)21-13-18-9-10-19(33-3)14-20(18)27(21)2)11-12-29(16)24(31)22(34-25(26)32)17-7-5-4-6-8-17/h9-10,13-14,16-17,22H,4-8,11-12,15H2,1-3H3,(H2,26,32)/t16-,22?/m0/s1. The van der Waals surface area contributed by atoms with Gasteiger partial charge in [0.2, 0.25) is 0 Å². The van der Waals surface area contributed by atoms with Gasteiger partial charge in [-0.3, -0.25) is 9.59 Å². The number of hydrogen-bond acceptors (Lipinski definition) is 5. The lowest BCUT2D eigenvalue weighted by atomic mass is 9.84. The molecule has 2 aliphatic rings. The molecule has 3 amide bonds. The van der Waals surface area contributed by atoms with Gasteiger partial charge in [-0.05, 0) is 38.0 Å². The number of piperazine rings is 1. The Morgan fingerprint density at radius 1 is 1.09 bits per heavy atom. The number of aryl methyl sites for hydroxylation is 1. The van der Waals surface area contributed by atoms with Crippen LogP contribution in [0.1, 0.15) is 49.5 Å². The molecule has 9 nitrogen and oxygen atoms in total. The van der Waals surface area contributed by atoms with Crippen LogP contribution >= 0.6 is 0 Å². The number of carbonyl (C=O) groups excluding carboxylic acids is 3. The second-order valence-electron chi connectivity index (χ2n) is 9.40. The van der Waals surface area contributed by atoms with Gasteiger partial charge in [0, 0.05) is 50.1 Å². The minimum Gasteiger partial charge on any atom is -0.497 e. The van der Waals surface area contributed by atoms with Gasteiger partial charge in [-0.1, -0.05) is 19.3 Å². The predicted octanol–water partition coefficient (Wildman–Crippen LogP) is 2.90. The molecule has 0 spiro atoms. The zero-order valence-corrected chi connectivity index (χ0v) is 20.2. The Kier molecular flexibility index (Phi) is 7.00. The fraction of sp³-hybridized carbons (Fsp3) is 0.560. The number of fused-ring (bicyclic) bond motifs is 1. The Balaban J connectivity index is 1.47. The highest BCUT2D eigenvalue weighted by Crippen LogP contribution is 2.30. The van der Waals surface area contributed by atoms with E-state index in [1.54, 1.807) is 16.9 Å². The van der Waals surface area contributed by atoms with Gasteiger partial charge in [0.1, 0.15) is 11.4 Å². The van der Waals surface area contributed by atoms with E-state index in [9.17, 15) is 14.4 Å². The minimum absolute atomic E-state index is 0.00611. The third kappa shape index (κ3) is 4.69. The monoisotopic (exact) mass is 470 g/mol. The zero-order valence-electron chi connectivity index (χ0n) is 20.2. The Morgan fingerprint density at radius 2 is 1.82 bits per heavy atom. The van der Waals surface area contributed by atoms with Crippen LogP contribution in [0, 0.1) is 5.92 Å². The van der Waals surface area contributed by atoms with Crippen LogP contribution in [0.5, 0.6) is 5.75 Å². The van der Waals surface area contributed by atoms with Crippen molar-refractivity contribution >= 4 is 28.8 Å². The Bertz CT molecular complexity index is 1070. The summed E-state index contributed by atoms with van der Waals surface area (Å²) in [5.41, 5.74) is 6.81. The van der Waals surface area contributed by atoms with E-state index in [0.29, 0.717) is 25.3 Å². The van der Waals surface area contributed by atoms with Crippen molar-refractivity contribution in [2.45, 2.75) is 51.2 Å². The van der Waals surface area contributed by atoms with Crippen LogP contribution in [0.4, 0.5) is 4.79 Å². The third-order valence-corrected chi connectivity index (χ3v) is 7.23. The summed E-state index contributed by atoms with van der Waals surface area (Å²) >= 11 is 0. The molecule has 1 saturated heterocycles. The molecule has 2 fully saturated rings. The van der Waals surface area contributed by atoms with Crippen molar-refractivity contribution in [3.05, 3.63) is 30.0 Å². The van der Waals surface area contributed by atoms with E-state index in [2.05, 4.69) is 0 Å². The van der Waals surface area contributed by atoms with Crippen molar-refractivity contribution < 1.29 is 23.9 Å². The first-order valence-corrected chi connectivity index (χ1v) is 12.0. The summed E-state index contributed by atoms with van der Waals surface area (Å²) < 4.78 is 12.5. The molecule has 1 aliphatic heterocycles. The highest BCUT2D eigenvalue weighted by Gasteiger charge is 2.39. The lowest BCUT2D eigenvalue weighted by molar-refractivity contribution is -0.148. The topological polar surface area (TPSA) is 107 Å². The predicted molar refractivity (Wildman–Crippen MR) is 128 cm³/mol. The summed E-state index contributed by atoms with van der Waals surface area (Å²) in [4.78, 5) is 41.8. The van der Waals surface area contributed by atoms with E-state index >= 15 is 0 Å². The maximum Gasteiger partial charge on any atom is 0.405 e. The van der Waals surface area contributed by atoms with Gasteiger partial charge in [-0.2, -0.15) is 0 Å². The number of amides is 3. The highest BCUT2D eigenvalue weighted by atomic mass is 16.6. The van der Waals surface area contributed by atoms with Crippen molar-refractivity contribution in [3.8, 4) is 5.75 Å². The van der Waals surface area contributed by atoms with Crippen LogP contribution in [0.25, 0.3) is 10.9 Å². The van der Waals surface area contributed by atoms with Crippen molar-refractivity contribution in [1.29, 1.82) is 0 Å². The van der Waals surface area contributed by atoms with Gasteiger partial charge in [-0.15, -0.1) is 0 Å². The number of rotatable bonds is 5. The van der Waals surface area contributed by atoms with Gasteiger partial charge >= 0.3 is 6.09 Å². The number of primary amides is 1. The molecule has 4 rings (SSSR count). The van der Waals surface area contributed by atoms with Crippen LogP contribution in [-0.4, -0.2) is 71.2 Å². The third-order valence-electron chi connectivity index (χ3n) is 7.23. The molecule has 0 radical (unpaired) electrons. The number of hydrogen-bond donors (Lipinski definition) is 1. The van der Waals surface area contributed by atoms with Gasteiger partial charge < -0.3 is 29.6 Å². The van der Waals surface area contributed by atoms with Crippen LogP contribution in [0.3, 0.4) is 0 Å². The number of benzene rings is 1. The Hall–Kier alpha value is -3.23. The molecule has 34 heavy (non-hydrogen) atoms. The summed E-state index contributed by atoms with van der Waals surface area (Å²) in [6.07, 6.45) is 3.10. The molecule has 184 valence electrons. The normalized spacial score (nSPS) is 20.3. The lowest BCUT2D eigenvalue weighted by Crippen LogP contribution is -2.59. The van der Waals surface area contributed by atoms with E-state index in [1.807, 2.05) is 42.8 Å². The van der Waals surface area contributed by atoms with Gasteiger partial charge in [0.15, 0.2) is 6.10 Å². The van der Waals surface area contributed by atoms with Crippen LogP contribution in [-0.2, 0) is 16.6 Å². The number of aromatic nitrogens is 1. The molecule has 1 aromatic carbocycles. The van der Waals surface area contributed by atoms with Crippen LogP contribution < -0.4 is 10.5 Å². The Morgan fingerprint density at radius 3 is 2.47 bits per heavy atom. The highest BCUT2D eigenvalue weighted by molar-refractivity contribution is 5.99. The number of ether oxygens (including phenoxy) is 2. The van der Waals surface area contributed by atoms with E-state index in [1.165, 1.54) is 0 Å². The molecule has 1 unspecified atom stereocenters. The lowest BCUT2D eigenvalue weighted by Gasteiger charge is -2.42. The molecular weight excluding hydrogens is 436 g/mol. The number of carbonyl (C=O) groups is 3. The first-order valence-electron chi connectivity index (χ1n) is 12.0. The van der Waals surface area contributed by atoms with Crippen LogP contribution in [0.15, 0.2) is 24.3 Å². The number of nitrogens with two attached hydrogens (primary N) is 1. The summed E-state index contributed by atoms with van der Waals surface area (Å²) in [5.74, 6) is 0.448. The average molecular weight is 471 g/mol. The smallest absolute Gasteiger partial charge is 0.405 e. The quantitative estimate of drug-likeness (QED) is 0.723. The van der Waals surface area contributed by atoms with Crippen molar-refractivity contribution in [1.82, 2.24) is 14.4 Å². The van der Waals surface area contributed by atoms with E-state index in [0.717, 1.165) is 48.8 Å².